The molecule has 2 rings (SSSR count). The van der Waals surface area contributed by atoms with Crippen LogP contribution in [-0.4, -0.2) is 23.1 Å². The molecular weight excluding hydrogens is 214 g/mol. The molecule has 0 saturated carbocycles. The zero-order valence-electron chi connectivity index (χ0n) is 10.2. The lowest BCUT2D eigenvalue weighted by atomic mass is 10.1. The van der Waals surface area contributed by atoms with Crippen molar-refractivity contribution in [2.24, 2.45) is 10.9 Å². The van der Waals surface area contributed by atoms with Crippen LogP contribution in [0.1, 0.15) is 26.0 Å². The molecule has 1 aromatic heterocycles. The van der Waals surface area contributed by atoms with E-state index in [1.54, 1.807) is 6.20 Å². The average Bonchev–Trinajstić information content (AvgIpc) is 2.71. The molecule has 0 aliphatic carbocycles. The van der Waals surface area contributed by atoms with Crippen LogP contribution < -0.4 is 5.32 Å². The maximum absolute atomic E-state index is 11.4. The second-order valence-electron chi connectivity index (χ2n) is 4.52. The summed E-state index contributed by atoms with van der Waals surface area (Å²) >= 11 is 0. The Morgan fingerprint density at radius 1 is 1.53 bits per heavy atom. The number of rotatable bonds is 4. The molecule has 17 heavy (non-hydrogen) atoms. The van der Waals surface area contributed by atoms with E-state index >= 15 is 0 Å². The number of aliphatic imine (C=N–C) groups is 1. The summed E-state index contributed by atoms with van der Waals surface area (Å²) in [6, 6.07) is 3.87. The van der Waals surface area contributed by atoms with Gasteiger partial charge in [0.1, 0.15) is 0 Å². The topological polar surface area (TPSA) is 54.4 Å². The van der Waals surface area contributed by atoms with Crippen LogP contribution in [0, 0.1) is 5.92 Å². The molecular formula is C13H17N3O. The van der Waals surface area contributed by atoms with Crippen molar-refractivity contribution in [3.63, 3.8) is 0 Å². The fourth-order valence-corrected chi connectivity index (χ4v) is 1.75. The van der Waals surface area contributed by atoms with Gasteiger partial charge in [-0.1, -0.05) is 13.8 Å². The monoisotopic (exact) mass is 231 g/mol. The SMILES string of the molecule is CC(C)C(=O)NCCC1=Nc2cccnc2C1. The van der Waals surface area contributed by atoms with Crippen LogP contribution in [0.4, 0.5) is 5.69 Å². The highest BCUT2D eigenvalue weighted by Crippen LogP contribution is 2.24. The number of nitrogens with zero attached hydrogens (tertiary/aromatic N) is 2. The third-order valence-corrected chi connectivity index (χ3v) is 2.75. The van der Waals surface area contributed by atoms with Crippen molar-refractivity contribution in [3.05, 3.63) is 24.0 Å². The zero-order valence-corrected chi connectivity index (χ0v) is 10.2. The van der Waals surface area contributed by atoms with Crippen molar-refractivity contribution in [2.75, 3.05) is 6.54 Å². The Hall–Kier alpha value is -1.71. The molecule has 1 aromatic rings. The fourth-order valence-electron chi connectivity index (χ4n) is 1.75. The van der Waals surface area contributed by atoms with Crippen LogP contribution in [0.2, 0.25) is 0 Å². The van der Waals surface area contributed by atoms with Crippen LogP contribution in [0.25, 0.3) is 0 Å². The predicted molar refractivity (Wildman–Crippen MR) is 67.5 cm³/mol. The fraction of sp³-hybridized carbons (Fsp3) is 0.462. The van der Waals surface area contributed by atoms with Crippen molar-refractivity contribution in [3.8, 4) is 0 Å². The molecule has 0 unspecified atom stereocenters. The minimum absolute atomic E-state index is 0.0411. The highest BCUT2D eigenvalue weighted by atomic mass is 16.1. The third kappa shape index (κ3) is 2.90. The van der Waals surface area contributed by atoms with Crippen molar-refractivity contribution in [2.45, 2.75) is 26.7 Å². The first-order valence-electron chi connectivity index (χ1n) is 5.95. The van der Waals surface area contributed by atoms with Gasteiger partial charge in [-0.05, 0) is 12.1 Å². The van der Waals surface area contributed by atoms with E-state index in [1.807, 2.05) is 26.0 Å². The van der Waals surface area contributed by atoms with Crippen molar-refractivity contribution >= 4 is 17.3 Å². The molecule has 90 valence electrons. The quantitative estimate of drug-likeness (QED) is 0.860. The molecule has 1 aliphatic rings. The standard InChI is InChI=1S/C13H17N3O/c1-9(2)13(17)15-7-5-10-8-12-11(16-10)4-3-6-14-12/h3-4,6,9H,5,7-8H2,1-2H3,(H,15,17). The zero-order chi connectivity index (χ0) is 12.3. The summed E-state index contributed by atoms with van der Waals surface area (Å²) in [6.07, 6.45) is 3.40. The van der Waals surface area contributed by atoms with Crippen molar-refractivity contribution < 1.29 is 4.79 Å². The summed E-state index contributed by atoms with van der Waals surface area (Å²) in [4.78, 5) is 20.1. The second-order valence-corrected chi connectivity index (χ2v) is 4.52. The van der Waals surface area contributed by atoms with E-state index in [0.29, 0.717) is 6.54 Å². The van der Waals surface area contributed by atoms with Gasteiger partial charge in [-0.2, -0.15) is 0 Å². The van der Waals surface area contributed by atoms with Gasteiger partial charge in [-0.25, -0.2) is 0 Å². The lowest BCUT2D eigenvalue weighted by Crippen LogP contribution is -2.29. The van der Waals surface area contributed by atoms with Crippen LogP contribution in [-0.2, 0) is 11.2 Å². The molecule has 0 spiro atoms. The Bertz CT molecular complexity index is 452. The Morgan fingerprint density at radius 3 is 3.06 bits per heavy atom. The van der Waals surface area contributed by atoms with Crippen molar-refractivity contribution in [1.29, 1.82) is 0 Å². The largest absolute Gasteiger partial charge is 0.356 e. The highest BCUT2D eigenvalue weighted by Gasteiger charge is 2.15. The molecule has 0 atom stereocenters. The van der Waals surface area contributed by atoms with Crippen LogP contribution in [0.3, 0.4) is 0 Å². The maximum atomic E-state index is 11.4. The smallest absolute Gasteiger partial charge is 0.222 e. The number of hydrogen-bond donors (Lipinski definition) is 1. The van der Waals surface area contributed by atoms with E-state index in [9.17, 15) is 4.79 Å². The molecule has 0 radical (unpaired) electrons. The summed E-state index contributed by atoms with van der Waals surface area (Å²) in [5.41, 5.74) is 3.11. The molecule has 1 aliphatic heterocycles. The molecule has 4 nitrogen and oxygen atoms in total. The Kier molecular flexibility index (Phi) is 3.52. The van der Waals surface area contributed by atoms with Crippen LogP contribution in [0.15, 0.2) is 23.3 Å². The summed E-state index contributed by atoms with van der Waals surface area (Å²) in [5, 5.41) is 2.90. The number of nitrogens with one attached hydrogen (secondary N) is 1. The van der Waals surface area contributed by atoms with E-state index in [1.165, 1.54) is 0 Å². The summed E-state index contributed by atoms with van der Waals surface area (Å²) < 4.78 is 0. The predicted octanol–water partition coefficient (Wildman–Crippen LogP) is 1.87. The number of carbonyl (C=O) groups excluding carboxylic acids is 1. The molecule has 0 saturated heterocycles. The first-order chi connectivity index (χ1) is 8.16. The molecule has 0 bridgehead atoms. The number of pyridine rings is 1. The molecule has 2 heterocycles. The summed E-state index contributed by atoms with van der Waals surface area (Å²) in [6.45, 7) is 4.44. The first-order valence-corrected chi connectivity index (χ1v) is 5.95. The Labute approximate surface area is 101 Å². The Balaban J connectivity index is 1.82. The first kappa shape index (κ1) is 11.8. The van der Waals surface area contributed by atoms with Gasteiger partial charge in [0.15, 0.2) is 0 Å². The lowest BCUT2D eigenvalue weighted by molar-refractivity contribution is -0.123. The van der Waals surface area contributed by atoms with Gasteiger partial charge < -0.3 is 5.32 Å². The molecule has 1 N–H and O–H groups in total. The number of fused-ring (bicyclic) bond motifs is 1. The van der Waals surface area contributed by atoms with Gasteiger partial charge in [0, 0.05) is 37.2 Å². The Morgan fingerprint density at radius 2 is 2.35 bits per heavy atom. The van der Waals surface area contributed by atoms with Crippen molar-refractivity contribution in [1.82, 2.24) is 10.3 Å². The molecule has 0 fully saturated rings. The number of carbonyl (C=O) groups is 1. The number of amides is 1. The van der Waals surface area contributed by atoms with Crippen LogP contribution >= 0.6 is 0 Å². The van der Waals surface area contributed by atoms with E-state index in [-0.39, 0.29) is 11.8 Å². The van der Waals surface area contributed by atoms with E-state index < -0.39 is 0 Å². The third-order valence-electron chi connectivity index (χ3n) is 2.75. The van der Waals surface area contributed by atoms with E-state index in [0.717, 1.165) is 29.9 Å². The highest BCUT2D eigenvalue weighted by molar-refractivity contribution is 5.93. The van der Waals surface area contributed by atoms with Gasteiger partial charge in [0.25, 0.3) is 0 Å². The minimum atomic E-state index is 0.0411. The normalized spacial score (nSPS) is 13.5. The summed E-state index contributed by atoms with van der Waals surface area (Å²) in [5.74, 6) is 0.138. The van der Waals surface area contributed by atoms with Gasteiger partial charge in [-0.3, -0.25) is 14.8 Å². The van der Waals surface area contributed by atoms with Gasteiger partial charge in [0.05, 0.1) is 11.4 Å². The van der Waals surface area contributed by atoms with Gasteiger partial charge in [0.2, 0.25) is 5.91 Å². The molecule has 4 heteroatoms. The average molecular weight is 231 g/mol. The lowest BCUT2D eigenvalue weighted by Gasteiger charge is -2.06. The molecule has 0 aromatic carbocycles. The number of hydrogen-bond acceptors (Lipinski definition) is 3. The number of aromatic nitrogens is 1. The van der Waals surface area contributed by atoms with E-state index in [4.69, 9.17) is 0 Å². The van der Waals surface area contributed by atoms with E-state index in [2.05, 4.69) is 15.3 Å². The van der Waals surface area contributed by atoms with Gasteiger partial charge >= 0.3 is 0 Å². The maximum Gasteiger partial charge on any atom is 0.222 e. The summed E-state index contributed by atoms with van der Waals surface area (Å²) in [7, 11) is 0. The second kappa shape index (κ2) is 5.08. The molecule has 1 amide bonds. The minimum Gasteiger partial charge on any atom is -0.356 e. The van der Waals surface area contributed by atoms with Gasteiger partial charge in [-0.15, -0.1) is 0 Å². The van der Waals surface area contributed by atoms with Crippen LogP contribution in [0.5, 0.6) is 0 Å².